The molecule has 0 fully saturated rings. The highest BCUT2D eigenvalue weighted by atomic mass is 79.9. The van der Waals surface area contributed by atoms with Crippen molar-refractivity contribution in [3.8, 4) is 11.5 Å². The highest BCUT2D eigenvalue weighted by Gasteiger charge is 2.12. The normalized spacial score (nSPS) is 10.7. The van der Waals surface area contributed by atoms with Crippen LogP contribution >= 0.6 is 43.6 Å². The second-order valence-electron chi connectivity index (χ2n) is 5.18. The Hall–Kier alpha value is -1.64. The van der Waals surface area contributed by atoms with Crippen molar-refractivity contribution in [2.45, 2.75) is 12.1 Å². The Balaban J connectivity index is 1.58. The minimum atomic E-state index is -0.126. The molecule has 0 saturated heterocycles. The number of hydrogen-bond acceptors (Lipinski definition) is 5. The number of hydrogen-bond donors (Lipinski definition) is 1. The maximum atomic E-state index is 12.1. The number of carbonyl (C=O) groups excluding carboxylic acids is 1. The van der Waals surface area contributed by atoms with Gasteiger partial charge in [0.15, 0.2) is 0 Å². The fourth-order valence-electron chi connectivity index (χ4n) is 2.06. The molecule has 3 rings (SSSR count). The molecule has 128 valence electrons. The third-order valence-corrected chi connectivity index (χ3v) is 5.13. The molecule has 0 radical (unpaired) electrons. The Labute approximate surface area is 165 Å². The third-order valence-electron chi connectivity index (χ3n) is 3.29. The van der Waals surface area contributed by atoms with Crippen LogP contribution in [-0.4, -0.2) is 21.9 Å². The number of anilines is 1. The zero-order valence-electron chi connectivity index (χ0n) is 13.1. The van der Waals surface area contributed by atoms with Crippen molar-refractivity contribution >= 4 is 55.2 Å². The first-order chi connectivity index (χ1) is 12.0. The van der Waals surface area contributed by atoms with Crippen LogP contribution in [0.3, 0.4) is 0 Å². The quantitative estimate of drug-likeness (QED) is 0.499. The molecule has 0 aliphatic heterocycles. The van der Waals surface area contributed by atoms with Crippen LogP contribution in [0.1, 0.15) is 5.56 Å². The largest absolute Gasteiger partial charge is 0.411 e. The lowest BCUT2D eigenvalue weighted by molar-refractivity contribution is -0.113. The van der Waals surface area contributed by atoms with Gasteiger partial charge in [-0.1, -0.05) is 43.6 Å². The first-order valence-corrected chi connectivity index (χ1v) is 9.86. The summed E-state index contributed by atoms with van der Waals surface area (Å²) in [5, 5.41) is 11.2. The van der Waals surface area contributed by atoms with Gasteiger partial charge in [0.2, 0.25) is 11.8 Å². The van der Waals surface area contributed by atoms with Crippen molar-refractivity contribution in [3.63, 3.8) is 0 Å². The summed E-state index contributed by atoms with van der Waals surface area (Å²) in [6.07, 6.45) is 0. The molecule has 0 bridgehead atoms. The molecular formula is C17H13Br2N3O2S. The molecule has 8 heteroatoms. The second-order valence-corrected chi connectivity index (χ2v) is 7.93. The molecule has 0 unspecified atom stereocenters. The number of aryl methyl sites for hydroxylation is 1. The van der Waals surface area contributed by atoms with Gasteiger partial charge in [-0.25, -0.2) is 0 Å². The van der Waals surface area contributed by atoms with Crippen LogP contribution in [0, 0.1) is 6.92 Å². The number of nitrogens with one attached hydrogen (secondary N) is 1. The molecule has 1 N–H and O–H groups in total. The molecule has 0 aliphatic rings. The molecule has 0 saturated carbocycles. The lowest BCUT2D eigenvalue weighted by atomic mass is 10.2. The maximum Gasteiger partial charge on any atom is 0.277 e. The van der Waals surface area contributed by atoms with Gasteiger partial charge in [-0.05, 0) is 55.0 Å². The first kappa shape index (κ1) is 18.2. The molecule has 0 spiro atoms. The van der Waals surface area contributed by atoms with Crippen LogP contribution in [0.25, 0.3) is 11.5 Å². The van der Waals surface area contributed by atoms with Gasteiger partial charge >= 0.3 is 0 Å². The van der Waals surface area contributed by atoms with Gasteiger partial charge in [-0.2, -0.15) is 0 Å². The average Bonchev–Trinajstić information content (AvgIpc) is 3.05. The minimum absolute atomic E-state index is 0.126. The molecule has 2 aromatic carbocycles. The SMILES string of the molecule is Cc1cc(Br)ccc1NC(=O)CSc1nnc(-c2ccc(Br)cc2)o1. The van der Waals surface area contributed by atoms with Gasteiger partial charge in [-0.3, -0.25) is 4.79 Å². The lowest BCUT2D eigenvalue weighted by Crippen LogP contribution is -2.14. The van der Waals surface area contributed by atoms with Gasteiger partial charge < -0.3 is 9.73 Å². The molecule has 5 nitrogen and oxygen atoms in total. The molecule has 1 heterocycles. The van der Waals surface area contributed by atoms with Crippen molar-refractivity contribution in [1.82, 2.24) is 10.2 Å². The lowest BCUT2D eigenvalue weighted by Gasteiger charge is -2.07. The van der Waals surface area contributed by atoms with E-state index in [1.54, 1.807) is 0 Å². The summed E-state index contributed by atoms with van der Waals surface area (Å²) in [5.74, 6) is 0.496. The predicted octanol–water partition coefficient (Wildman–Crippen LogP) is 5.30. The van der Waals surface area contributed by atoms with Crippen molar-refractivity contribution in [1.29, 1.82) is 0 Å². The van der Waals surface area contributed by atoms with Crippen LogP contribution in [0.15, 0.2) is 61.0 Å². The van der Waals surface area contributed by atoms with Crippen LogP contribution < -0.4 is 5.32 Å². The van der Waals surface area contributed by atoms with E-state index in [9.17, 15) is 4.79 Å². The van der Waals surface area contributed by atoms with Crippen LogP contribution in [0.5, 0.6) is 0 Å². The number of nitrogens with zero attached hydrogens (tertiary/aromatic N) is 2. The van der Waals surface area contributed by atoms with E-state index in [4.69, 9.17) is 4.42 Å². The molecule has 1 aromatic heterocycles. The maximum absolute atomic E-state index is 12.1. The Morgan fingerprint density at radius 2 is 1.84 bits per heavy atom. The number of carbonyl (C=O) groups is 1. The van der Waals surface area contributed by atoms with Gasteiger partial charge in [-0.15, -0.1) is 10.2 Å². The summed E-state index contributed by atoms with van der Waals surface area (Å²) < 4.78 is 7.54. The van der Waals surface area contributed by atoms with Crippen LogP contribution in [0.2, 0.25) is 0 Å². The summed E-state index contributed by atoms with van der Waals surface area (Å²) >= 11 is 7.99. The van der Waals surface area contributed by atoms with Crippen molar-refractivity contribution < 1.29 is 9.21 Å². The Bertz CT molecular complexity index is 897. The van der Waals surface area contributed by atoms with Gasteiger partial charge in [0.1, 0.15) is 0 Å². The molecule has 1 amide bonds. The first-order valence-electron chi connectivity index (χ1n) is 7.29. The van der Waals surface area contributed by atoms with Crippen LogP contribution in [0.4, 0.5) is 5.69 Å². The Kier molecular flexibility index (Phi) is 5.93. The standard InChI is InChI=1S/C17H13Br2N3O2S/c1-10-8-13(19)6-7-14(10)20-15(23)9-25-17-22-21-16(24-17)11-2-4-12(18)5-3-11/h2-8H,9H2,1H3,(H,20,23). The number of benzene rings is 2. The van der Waals surface area contributed by atoms with E-state index in [1.807, 2.05) is 49.4 Å². The summed E-state index contributed by atoms with van der Waals surface area (Å²) in [6, 6.07) is 13.3. The van der Waals surface area contributed by atoms with E-state index < -0.39 is 0 Å². The number of rotatable bonds is 5. The topological polar surface area (TPSA) is 68.0 Å². The van der Waals surface area contributed by atoms with E-state index >= 15 is 0 Å². The molecule has 3 aromatic rings. The summed E-state index contributed by atoms with van der Waals surface area (Å²) in [5.41, 5.74) is 2.61. The minimum Gasteiger partial charge on any atom is -0.411 e. The molecule has 25 heavy (non-hydrogen) atoms. The van der Waals surface area contributed by atoms with Gasteiger partial charge in [0.25, 0.3) is 5.22 Å². The molecular weight excluding hydrogens is 470 g/mol. The summed E-state index contributed by atoms with van der Waals surface area (Å²) in [6.45, 7) is 1.94. The number of halogens is 2. The van der Waals surface area contributed by atoms with Gasteiger partial charge in [0, 0.05) is 20.2 Å². The van der Waals surface area contributed by atoms with Crippen LogP contribution in [-0.2, 0) is 4.79 Å². The number of thioether (sulfide) groups is 1. The number of aromatic nitrogens is 2. The zero-order valence-corrected chi connectivity index (χ0v) is 17.1. The smallest absolute Gasteiger partial charge is 0.277 e. The fourth-order valence-corrected chi connectivity index (χ4v) is 3.36. The Morgan fingerprint density at radius 1 is 1.12 bits per heavy atom. The highest BCUT2D eigenvalue weighted by Crippen LogP contribution is 2.25. The van der Waals surface area contributed by atoms with Crippen molar-refractivity contribution in [3.05, 3.63) is 57.0 Å². The van der Waals surface area contributed by atoms with Gasteiger partial charge in [0.05, 0.1) is 5.75 Å². The molecule has 0 atom stereocenters. The monoisotopic (exact) mass is 481 g/mol. The summed E-state index contributed by atoms with van der Waals surface area (Å²) in [4.78, 5) is 12.1. The van der Waals surface area contributed by atoms with E-state index in [0.29, 0.717) is 11.1 Å². The third kappa shape index (κ3) is 4.93. The Morgan fingerprint density at radius 3 is 2.56 bits per heavy atom. The fraction of sp³-hybridized carbons (Fsp3) is 0.118. The van der Waals surface area contributed by atoms with E-state index in [1.165, 1.54) is 11.8 Å². The van der Waals surface area contributed by atoms with E-state index in [-0.39, 0.29) is 11.7 Å². The van der Waals surface area contributed by atoms with E-state index in [0.717, 1.165) is 25.8 Å². The zero-order chi connectivity index (χ0) is 17.8. The van der Waals surface area contributed by atoms with E-state index in [2.05, 4.69) is 47.4 Å². The number of amides is 1. The van der Waals surface area contributed by atoms with Crippen molar-refractivity contribution in [2.24, 2.45) is 0 Å². The second kappa shape index (κ2) is 8.16. The predicted molar refractivity (Wildman–Crippen MR) is 106 cm³/mol. The highest BCUT2D eigenvalue weighted by molar-refractivity contribution is 9.10. The molecule has 0 aliphatic carbocycles. The summed E-state index contributed by atoms with van der Waals surface area (Å²) in [7, 11) is 0. The average molecular weight is 483 g/mol. The van der Waals surface area contributed by atoms with Crippen molar-refractivity contribution in [2.75, 3.05) is 11.1 Å².